The van der Waals surface area contributed by atoms with Gasteiger partial charge in [-0.15, -0.1) is 11.3 Å². The van der Waals surface area contributed by atoms with Crippen molar-refractivity contribution in [2.45, 2.75) is 19.9 Å². The minimum absolute atomic E-state index is 0.0646. The van der Waals surface area contributed by atoms with Crippen LogP contribution in [0.1, 0.15) is 29.6 Å². The first kappa shape index (κ1) is 24.7. The number of thiazole rings is 1. The fourth-order valence-corrected chi connectivity index (χ4v) is 4.70. The Bertz CT molecular complexity index is 1110. The number of ether oxygens (including phenoxy) is 1. The topological polar surface area (TPSA) is 91.2 Å². The Morgan fingerprint density at radius 2 is 1.97 bits per heavy atom. The minimum atomic E-state index is -0.241. The molecule has 0 unspecified atom stereocenters. The molecule has 0 atom stereocenters. The Labute approximate surface area is 209 Å². The first-order valence-corrected chi connectivity index (χ1v) is 12.6. The van der Waals surface area contributed by atoms with Crippen LogP contribution >= 0.6 is 11.3 Å². The monoisotopic (exact) mass is 497 g/mol. The number of hydrogen-bond acceptors (Lipinski definition) is 8. The number of rotatable bonds is 10. The van der Waals surface area contributed by atoms with Crippen LogP contribution in [0.2, 0.25) is 0 Å². The first-order valence-electron chi connectivity index (χ1n) is 11.7. The lowest BCUT2D eigenvalue weighted by Crippen LogP contribution is -2.49. The lowest BCUT2D eigenvalue weighted by atomic mass is 10.2. The van der Waals surface area contributed by atoms with Gasteiger partial charge in [-0.1, -0.05) is 19.1 Å². The van der Waals surface area contributed by atoms with Crippen molar-refractivity contribution in [2.75, 3.05) is 51.7 Å². The van der Waals surface area contributed by atoms with E-state index in [0.717, 1.165) is 38.4 Å². The number of carbonyl (C=O) groups is 2. The Hall–Kier alpha value is -3.37. The molecular formula is C25H31N5O4S. The molecule has 3 aromatic rings. The van der Waals surface area contributed by atoms with Crippen LogP contribution in [0.5, 0.6) is 5.75 Å². The van der Waals surface area contributed by atoms with Crippen molar-refractivity contribution in [2.24, 2.45) is 0 Å². The van der Waals surface area contributed by atoms with Gasteiger partial charge in [0.2, 0.25) is 5.91 Å². The van der Waals surface area contributed by atoms with Crippen LogP contribution in [0, 0.1) is 0 Å². The third-order valence-electron chi connectivity index (χ3n) is 6.05. The van der Waals surface area contributed by atoms with Crippen LogP contribution in [0.15, 0.2) is 52.5 Å². The number of para-hydroxylation sites is 2. The zero-order valence-electron chi connectivity index (χ0n) is 20.1. The van der Waals surface area contributed by atoms with Crippen LogP contribution in [0.3, 0.4) is 0 Å². The van der Waals surface area contributed by atoms with E-state index in [1.165, 1.54) is 11.3 Å². The van der Waals surface area contributed by atoms with Crippen molar-refractivity contribution >= 4 is 34.0 Å². The SMILES string of the molecule is CCN1CCN(C(=O)CCN(Cc2ccco2)C(=O)c2csc(Nc3ccccc3OC)n2)CC1. The molecule has 1 aliphatic heterocycles. The fourth-order valence-electron chi connectivity index (χ4n) is 4.00. The summed E-state index contributed by atoms with van der Waals surface area (Å²) in [5.74, 6) is 1.17. The summed E-state index contributed by atoms with van der Waals surface area (Å²) in [5, 5.41) is 5.52. The highest BCUT2D eigenvalue weighted by Gasteiger charge is 2.24. The smallest absolute Gasteiger partial charge is 0.273 e. The Kier molecular flexibility index (Phi) is 8.38. The van der Waals surface area contributed by atoms with E-state index in [4.69, 9.17) is 9.15 Å². The second-order valence-electron chi connectivity index (χ2n) is 8.23. The molecule has 1 N–H and O–H groups in total. The summed E-state index contributed by atoms with van der Waals surface area (Å²) < 4.78 is 10.8. The van der Waals surface area contributed by atoms with Crippen molar-refractivity contribution in [3.05, 3.63) is 59.5 Å². The molecule has 3 heterocycles. The summed E-state index contributed by atoms with van der Waals surface area (Å²) in [7, 11) is 1.61. The molecule has 2 aromatic heterocycles. The van der Waals surface area contributed by atoms with Crippen LogP contribution in [-0.4, -0.2) is 77.9 Å². The summed E-state index contributed by atoms with van der Waals surface area (Å²) >= 11 is 1.34. The maximum absolute atomic E-state index is 13.4. The number of hydrogen-bond donors (Lipinski definition) is 1. The molecule has 0 bridgehead atoms. The molecule has 1 fully saturated rings. The van der Waals surface area contributed by atoms with Crippen molar-refractivity contribution in [3.63, 3.8) is 0 Å². The predicted molar refractivity (Wildman–Crippen MR) is 135 cm³/mol. The first-order chi connectivity index (χ1) is 17.1. The van der Waals surface area contributed by atoms with Crippen molar-refractivity contribution < 1.29 is 18.7 Å². The van der Waals surface area contributed by atoms with Gasteiger partial charge >= 0.3 is 0 Å². The van der Waals surface area contributed by atoms with Gasteiger partial charge in [-0.2, -0.15) is 0 Å². The zero-order valence-corrected chi connectivity index (χ0v) is 20.9. The summed E-state index contributed by atoms with van der Waals surface area (Å²) in [4.78, 5) is 36.6. The number of nitrogens with one attached hydrogen (secondary N) is 1. The molecule has 4 rings (SSSR count). The molecule has 0 aliphatic carbocycles. The zero-order chi connectivity index (χ0) is 24.6. The molecule has 35 heavy (non-hydrogen) atoms. The molecular weight excluding hydrogens is 466 g/mol. The Morgan fingerprint density at radius 3 is 2.69 bits per heavy atom. The highest BCUT2D eigenvalue weighted by molar-refractivity contribution is 7.14. The molecule has 0 radical (unpaired) electrons. The van der Waals surface area contributed by atoms with Gasteiger partial charge in [0.05, 0.1) is 25.6 Å². The summed E-state index contributed by atoms with van der Waals surface area (Å²) in [6.45, 7) is 6.91. The average molecular weight is 498 g/mol. The number of anilines is 2. The number of nitrogens with zero attached hydrogens (tertiary/aromatic N) is 4. The van der Waals surface area contributed by atoms with Crippen LogP contribution in [0.25, 0.3) is 0 Å². The van der Waals surface area contributed by atoms with Crippen molar-refractivity contribution in [1.82, 2.24) is 19.7 Å². The number of furan rings is 1. The van der Waals surface area contributed by atoms with E-state index < -0.39 is 0 Å². The molecule has 10 heteroatoms. The van der Waals surface area contributed by atoms with E-state index in [1.807, 2.05) is 35.2 Å². The normalized spacial score (nSPS) is 14.1. The quantitative estimate of drug-likeness (QED) is 0.457. The Balaban J connectivity index is 1.42. The van der Waals surface area contributed by atoms with Gasteiger partial charge in [-0.05, 0) is 30.8 Å². The van der Waals surface area contributed by atoms with Crippen molar-refractivity contribution in [1.29, 1.82) is 0 Å². The summed E-state index contributed by atoms with van der Waals surface area (Å²) in [6.07, 6.45) is 1.84. The highest BCUT2D eigenvalue weighted by Crippen LogP contribution is 2.29. The molecule has 1 saturated heterocycles. The van der Waals surface area contributed by atoms with E-state index in [0.29, 0.717) is 28.9 Å². The van der Waals surface area contributed by atoms with Gasteiger partial charge in [-0.3, -0.25) is 9.59 Å². The standard InChI is InChI=1S/C25H31N5O4S/c1-3-28-12-14-29(15-13-28)23(31)10-11-30(17-19-7-6-16-34-19)24(32)21-18-35-25(27-21)26-20-8-4-5-9-22(20)33-2/h4-9,16,18H,3,10-15,17H2,1-2H3,(H,26,27). The van der Waals surface area contributed by atoms with Gasteiger partial charge in [0.15, 0.2) is 5.13 Å². The third kappa shape index (κ3) is 6.40. The lowest BCUT2D eigenvalue weighted by molar-refractivity contribution is -0.133. The van der Waals surface area contributed by atoms with E-state index in [9.17, 15) is 9.59 Å². The average Bonchev–Trinajstić information content (AvgIpc) is 3.58. The molecule has 0 spiro atoms. The predicted octanol–water partition coefficient (Wildman–Crippen LogP) is 3.68. The Morgan fingerprint density at radius 1 is 1.17 bits per heavy atom. The van der Waals surface area contributed by atoms with E-state index in [1.54, 1.807) is 29.7 Å². The van der Waals surface area contributed by atoms with Gasteiger partial charge in [0.1, 0.15) is 17.2 Å². The fraction of sp³-hybridized carbons (Fsp3) is 0.400. The van der Waals surface area contributed by atoms with Gasteiger partial charge < -0.3 is 29.2 Å². The van der Waals surface area contributed by atoms with Crippen molar-refractivity contribution in [3.8, 4) is 5.75 Å². The van der Waals surface area contributed by atoms with Gasteiger partial charge in [0.25, 0.3) is 5.91 Å². The molecule has 9 nitrogen and oxygen atoms in total. The van der Waals surface area contributed by atoms with E-state index in [2.05, 4.69) is 22.1 Å². The molecule has 2 amide bonds. The highest BCUT2D eigenvalue weighted by atomic mass is 32.1. The molecule has 1 aromatic carbocycles. The van der Waals surface area contributed by atoms with Crippen LogP contribution in [-0.2, 0) is 11.3 Å². The number of piperazine rings is 1. The minimum Gasteiger partial charge on any atom is -0.495 e. The van der Waals surface area contributed by atoms with Gasteiger partial charge in [-0.25, -0.2) is 4.98 Å². The third-order valence-corrected chi connectivity index (χ3v) is 6.81. The second kappa shape index (κ2) is 11.9. The maximum Gasteiger partial charge on any atom is 0.273 e. The number of carbonyl (C=O) groups excluding carboxylic acids is 2. The van der Waals surface area contributed by atoms with E-state index in [-0.39, 0.29) is 24.8 Å². The summed E-state index contributed by atoms with van der Waals surface area (Å²) in [6, 6.07) is 11.1. The second-order valence-corrected chi connectivity index (χ2v) is 9.09. The van der Waals surface area contributed by atoms with Crippen LogP contribution in [0.4, 0.5) is 10.8 Å². The largest absolute Gasteiger partial charge is 0.495 e. The number of amides is 2. The van der Waals surface area contributed by atoms with Crippen LogP contribution < -0.4 is 10.1 Å². The maximum atomic E-state index is 13.4. The van der Waals surface area contributed by atoms with E-state index >= 15 is 0 Å². The molecule has 186 valence electrons. The molecule has 1 aliphatic rings. The molecule has 0 saturated carbocycles. The number of benzene rings is 1. The summed E-state index contributed by atoms with van der Waals surface area (Å²) in [5.41, 5.74) is 1.09. The number of methoxy groups -OCH3 is 1. The number of likely N-dealkylation sites (N-methyl/N-ethyl adjacent to an activating group) is 1. The van der Waals surface area contributed by atoms with Gasteiger partial charge in [0, 0.05) is 44.5 Å². The lowest BCUT2D eigenvalue weighted by Gasteiger charge is -2.34. The number of aromatic nitrogens is 1.